The van der Waals surface area contributed by atoms with Gasteiger partial charge in [0.25, 0.3) is 0 Å². The minimum absolute atomic E-state index is 0.994. The van der Waals surface area contributed by atoms with Crippen LogP contribution in [-0.2, 0) is 0 Å². The van der Waals surface area contributed by atoms with Gasteiger partial charge in [-0.25, -0.2) is 0 Å². The van der Waals surface area contributed by atoms with Crippen molar-refractivity contribution in [1.82, 2.24) is 4.90 Å². The highest BCUT2D eigenvalue weighted by atomic mass is 15.4. The predicted molar refractivity (Wildman–Crippen MR) is 38.5 cm³/mol. The molecule has 0 fully saturated rings. The molecular weight excluding hydrogens is 112 g/mol. The Kier molecular flexibility index (Phi) is 1.49. The molecular formula is C7H15N2+. The molecule has 0 aromatic rings. The second-order valence-corrected chi connectivity index (χ2v) is 3.12. The zero-order valence-electron chi connectivity index (χ0n) is 6.46. The van der Waals surface area contributed by atoms with Crippen LogP contribution in [0.25, 0.3) is 0 Å². The molecule has 1 aliphatic rings. The molecule has 0 saturated carbocycles. The number of rotatable bonds is 1. The largest absolute Gasteiger partial charge is 0.326 e. The Labute approximate surface area is 57.0 Å². The highest BCUT2D eigenvalue weighted by Gasteiger charge is 2.19. The van der Waals surface area contributed by atoms with Crippen molar-refractivity contribution in [2.45, 2.75) is 6.92 Å². The summed E-state index contributed by atoms with van der Waals surface area (Å²) in [4.78, 5) is 2.31. The Balaban J connectivity index is 2.50. The Bertz CT molecular complexity index is 127. The second-order valence-electron chi connectivity index (χ2n) is 3.12. The highest BCUT2D eigenvalue weighted by Crippen LogP contribution is 2.09. The first-order valence-corrected chi connectivity index (χ1v) is 3.40. The zero-order valence-corrected chi connectivity index (χ0v) is 6.46. The molecule has 0 saturated heterocycles. The van der Waals surface area contributed by atoms with Crippen LogP contribution in [0.3, 0.4) is 0 Å². The fraction of sp³-hybridized carbons (Fsp3) is 0.714. The molecule has 0 aliphatic carbocycles. The fourth-order valence-corrected chi connectivity index (χ4v) is 1.04. The normalized spacial score (nSPS) is 23.2. The lowest BCUT2D eigenvalue weighted by atomic mass is 10.6. The van der Waals surface area contributed by atoms with E-state index in [0.717, 1.165) is 17.7 Å². The van der Waals surface area contributed by atoms with Crippen molar-refractivity contribution >= 4 is 0 Å². The smallest absolute Gasteiger partial charge is 0.158 e. The summed E-state index contributed by atoms with van der Waals surface area (Å²) in [6, 6.07) is 0. The summed E-state index contributed by atoms with van der Waals surface area (Å²) in [5.41, 5.74) is 0. The number of hydrogen-bond donors (Lipinski definition) is 0. The van der Waals surface area contributed by atoms with Crippen LogP contribution in [0.5, 0.6) is 0 Å². The summed E-state index contributed by atoms with van der Waals surface area (Å²) >= 11 is 0. The van der Waals surface area contributed by atoms with Gasteiger partial charge in [-0.2, -0.15) is 0 Å². The van der Waals surface area contributed by atoms with E-state index in [2.05, 4.69) is 38.3 Å². The number of hydrogen-bond acceptors (Lipinski definition) is 1. The number of nitrogens with zero attached hydrogens (tertiary/aromatic N) is 2. The topological polar surface area (TPSA) is 3.24 Å². The van der Waals surface area contributed by atoms with Gasteiger partial charge in [0, 0.05) is 6.54 Å². The SMILES string of the molecule is CCN1C=C[N+](C)(C)C1. The van der Waals surface area contributed by atoms with Crippen LogP contribution < -0.4 is 0 Å². The summed E-state index contributed by atoms with van der Waals surface area (Å²) < 4.78 is 0.994. The van der Waals surface area contributed by atoms with Gasteiger partial charge in [0.2, 0.25) is 0 Å². The average Bonchev–Trinajstić information content (AvgIpc) is 2.10. The van der Waals surface area contributed by atoms with Crippen LogP contribution in [0.4, 0.5) is 0 Å². The minimum Gasteiger partial charge on any atom is -0.326 e. The molecule has 0 atom stereocenters. The van der Waals surface area contributed by atoms with Crippen molar-refractivity contribution in [2.24, 2.45) is 0 Å². The van der Waals surface area contributed by atoms with Gasteiger partial charge in [-0.3, -0.25) is 4.48 Å². The molecule has 9 heavy (non-hydrogen) atoms. The summed E-state index contributed by atoms with van der Waals surface area (Å²) in [6.45, 7) is 4.42. The molecule has 2 heteroatoms. The standard InChI is InChI=1S/C7H15N2/c1-4-8-5-6-9(2,3)7-8/h5-6H,4,7H2,1-3H3/q+1. The zero-order chi connectivity index (χ0) is 6.91. The summed E-state index contributed by atoms with van der Waals surface area (Å²) in [5, 5.41) is 0. The summed E-state index contributed by atoms with van der Waals surface area (Å²) in [5.74, 6) is 0. The fourth-order valence-electron chi connectivity index (χ4n) is 1.04. The van der Waals surface area contributed by atoms with Gasteiger partial charge in [-0.1, -0.05) is 0 Å². The first kappa shape index (κ1) is 6.62. The van der Waals surface area contributed by atoms with Crippen LogP contribution in [0, 0.1) is 0 Å². The van der Waals surface area contributed by atoms with Gasteiger partial charge in [0.15, 0.2) is 6.67 Å². The Hall–Kier alpha value is -0.500. The maximum Gasteiger partial charge on any atom is 0.158 e. The van der Waals surface area contributed by atoms with E-state index in [0.29, 0.717) is 0 Å². The molecule has 0 radical (unpaired) electrons. The molecule has 52 valence electrons. The molecule has 0 spiro atoms. The number of quaternary nitrogens is 1. The van der Waals surface area contributed by atoms with Crippen LogP contribution in [0.15, 0.2) is 12.4 Å². The molecule has 0 N–H and O–H groups in total. The van der Waals surface area contributed by atoms with Crippen LogP contribution in [0.2, 0.25) is 0 Å². The molecule has 1 aliphatic heterocycles. The molecule has 0 aromatic heterocycles. The monoisotopic (exact) mass is 127 g/mol. The van der Waals surface area contributed by atoms with Gasteiger partial charge in [0.1, 0.15) is 6.20 Å². The predicted octanol–water partition coefficient (Wildman–Crippen LogP) is 0.827. The summed E-state index contributed by atoms with van der Waals surface area (Å²) in [6.07, 6.45) is 4.38. The van der Waals surface area contributed by atoms with E-state index in [4.69, 9.17) is 0 Å². The van der Waals surface area contributed by atoms with Gasteiger partial charge in [0.05, 0.1) is 20.3 Å². The molecule has 1 heterocycles. The highest BCUT2D eigenvalue weighted by molar-refractivity contribution is 4.78. The van der Waals surface area contributed by atoms with Crippen LogP contribution in [0.1, 0.15) is 6.92 Å². The van der Waals surface area contributed by atoms with Crippen molar-refractivity contribution < 1.29 is 4.48 Å². The van der Waals surface area contributed by atoms with E-state index in [1.807, 2.05) is 0 Å². The molecule has 0 unspecified atom stereocenters. The van der Waals surface area contributed by atoms with Gasteiger partial charge < -0.3 is 4.90 Å². The van der Waals surface area contributed by atoms with Crippen LogP contribution >= 0.6 is 0 Å². The third kappa shape index (κ3) is 1.45. The Morgan fingerprint density at radius 2 is 2.22 bits per heavy atom. The van der Waals surface area contributed by atoms with Crippen LogP contribution in [-0.4, -0.2) is 36.7 Å². The second kappa shape index (κ2) is 2.03. The lowest BCUT2D eigenvalue weighted by Crippen LogP contribution is -2.36. The van der Waals surface area contributed by atoms with E-state index in [-0.39, 0.29) is 0 Å². The lowest BCUT2D eigenvalue weighted by molar-refractivity contribution is -0.840. The Morgan fingerprint density at radius 3 is 2.44 bits per heavy atom. The maximum atomic E-state index is 2.31. The molecule has 2 nitrogen and oxygen atoms in total. The third-order valence-electron chi connectivity index (χ3n) is 1.63. The van der Waals surface area contributed by atoms with E-state index in [1.54, 1.807) is 0 Å². The van der Waals surface area contributed by atoms with Crippen molar-refractivity contribution in [3.63, 3.8) is 0 Å². The third-order valence-corrected chi connectivity index (χ3v) is 1.63. The van der Waals surface area contributed by atoms with Crippen molar-refractivity contribution in [3.05, 3.63) is 12.4 Å². The first-order valence-electron chi connectivity index (χ1n) is 3.40. The molecule has 0 bridgehead atoms. The van der Waals surface area contributed by atoms with Gasteiger partial charge in [-0.15, -0.1) is 0 Å². The van der Waals surface area contributed by atoms with Crippen molar-refractivity contribution in [2.75, 3.05) is 27.3 Å². The van der Waals surface area contributed by atoms with E-state index >= 15 is 0 Å². The van der Waals surface area contributed by atoms with E-state index < -0.39 is 0 Å². The Morgan fingerprint density at radius 1 is 1.56 bits per heavy atom. The summed E-state index contributed by atoms with van der Waals surface area (Å²) in [7, 11) is 4.40. The molecule has 0 amide bonds. The van der Waals surface area contributed by atoms with Gasteiger partial charge >= 0.3 is 0 Å². The molecule has 0 aromatic carbocycles. The first-order chi connectivity index (χ1) is 4.14. The lowest BCUT2D eigenvalue weighted by Gasteiger charge is -2.22. The van der Waals surface area contributed by atoms with E-state index in [1.165, 1.54) is 0 Å². The van der Waals surface area contributed by atoms with Crippen molar-refractivity contribution in [1.29, 1.82) is 0 Å². The van der Waals surface area contributed by atoms with E-state index in [9.17, 15) is 0 Å². The van der Waals surface area contributed by atoms with Gasteiger partial charge in [-0.05, 0) is 6.92 Å². The average molecular weight is 127 g/mol. The molecule has 1 rings (SSSR count). The van der Waals surface area contributed by atoms with Crippen molar-refractivity contribution in [3.8, 4) is 0 Å². The minimum atomic E-state index is 0.994. The quantitative estimate of drug-likeness (QED) is 0.471. The maximum absolute atomic E-state index is 2.31.